The number of nitrogens with zero attached hydrogens (tertiary/aromatic N) is 2. The van der Waals surface area contributed by atoms with Crippen molar-refractivity contribution in [2.45, 2.75) is 12.5 Å². The summed E-state index contributed by atoms with van der Waals surface area (Å²) in [5.74, 6) is -0.374. The second-order valence-corrected chi connectivity index (χ2v) is 7.39. The van der Waals surface area contributed by atoms with Gasteiger partial charge in [-0.15, -0.1) is 0 Å². The van der Waals surface area contributed by atoms with E-state index in [9.17, 15) is 9.18 Å². The summed E-state index contributed by atoms with van der Waals surface area (Å²) in [4.78, 5) is 17.1. The summed E-state index contributed by atoms with van der Waals surface area (Å²) in [6, 6.07) is 13.9. The van der Waals surface area contributed by atoms with Gasteiger partial charge in [0.05, 0.1) is 12.5 Å². The Hall–Kier alpha value is -1.95. The van der Waals surface area contributed by atoms with Crippen molar-refractivity contribution in [3.05, 3.63) is 70.5 Å². The van der Waals surface area contributed by atoms with Crippen LogP contribution in [-0.4, -0.2) is 55.5 Å². The fourth-order valence-electron chi connectivity index (χ4n) is 3.38. The molecule has 1 aliphatic rings. The van der Waals surface area contributed by atoms with Gasteiger partial charge < -0.3 is 10.2 Å². The Kier molecular flexibility index (Phi) is 6.83. The smallest absolute Gasteiger partial charge is 0.224 e. The minimum Gasteiger partial charge on any atom is -0.354 e. The van der Waals surface area contributed by atoms with E-state index in [-0.39, 0.29) is 24.2 Å². The molecule has 6 heteroatoms. The van der Waals surface area contributed by atoms with Gasteiger partial charge in [0.2, 0.25) is 5.91 Å². The molecule has 0 radical (unpaired) electrons. The molecule has 1 unspecified atom stereocenters. The third kappa shape index (κ3) is 5.51. The number of amides is 1. The fourth-order valence-corrected chi connectivity index (χ4v) is 3.64. The molecule has 3 rings (SSSR count). The van der Waals surface area contributed by atoms with Gasteiger partial charge >= 0.3 is 0 Å². The molecular formula is C21H25ClFN3O. The summed E-state index contributed by atoms with van der Waals surface area (Å²) >= 11 is 6.44. The van der Waals surface area contributed by atoms with Crippen molar-refractivity contribution >= 4 is 17.5 Å². The summed E-state index contributed by atoms with van der Waals surface area (Å²) in [7, 11) is 2.12. The van der Waals surface area contributed by atoms with Gasteiger partial charge in [-0.25, -0.2) is 4.39 Å². The first kappa shape index (κ1) is 19.8. The molecule has 1 amide bonds. The predicted molar refractivity (Wildman–Crippen MR) is 106 cm³/mol. The first-order chi connectivity index (χ1) is 13.0. The van der Waals surface area contributed by atoms with Crippen LogP contribution < -0.4 is 5.32 Å². The average molecular weight is 390 g/mol. The molecule has 2 aromatic rings. The maximum absolute atomic E-state index is 13.0. The lowest BCUT2D eigenvalue weighted by Crippen LogP contribution is -2.48. The van der Waals surface area contributed by atoms with E-state index in [1.165, 1.54) is 12.1 Å². The number of piperazine rings is 1. The lowest BCUT2D eigenvalue weighted by Gasteiger charge is -2.38. The van der Waals surface area contributed by atoms with Crippen LogP contribution in [0.2, 0.25) is 5.02 Å². The number of benzene rings is 2. The number of nitrogens with one attached hydrogen (secondary N) is 1. The van der Waals surface area contributed by atoms with E-state index in [0.717, 1.165) is 37.3 Å². The van der Waals surface area contributed by atoms with Gasteiger partial charge in [0.15, 0.2) is 0 Å². The molecule has 27 heavy (non-hydrogen) atoms. The number of halogens is 2. The molecule has 0 spiro atoms. The van der Waals surface area contributed by atoms with Gasteiger partial charge in [-0.05, 0) is 36.4 Å². The maximum Gasteiger partial charge on any atom is 0.224 e. The Balaban J connectivity index is 1.67. The summed E-state index contributed by atoms with van der Waals surface area (Å²) < 4.78 is 13.0. The Bertz CT molecular complexity index is 760. The van der Waals surface area contributed by atoms with Crippen molar-refractivity contribution in [3.8, 4) is 0 Å². The minimum absolute atomic E-state index is 0.0320. The van der Waals surface area contributed by atoms with Gasteiger partial charge in [-0.3, -0.25) is 9.69 Å². The molecule has 2 aromatic carbocycles. The lowest BCUT2D eigenvalue weighted by molar-refractivity contribution is -0.120. The molecule has 1 saturated heterocycles. The van der Waals surface area contributed by atoms with E-state index in [1.807, 2.05) is 24.3 Å². The molecule has 0 bridgehead atoms. The van der Waals surface area contributed by atoms with Crippen molar-refractivity contribution in [3.63, 3.8) is 0 Å². The SMILES string of the molecule is CN1CCN(C(CNC(=O)Cc2ccc(F)cc2)c2ccccc2Cl)CC1. The van der Waals surface area contributed by atoms with Gasteiger partial charge in [-0.1, -0.05) is 41.9 Å². The highest BCUT2D eigenvalue weighted by molar-refractivity contribution is 6.31. The first-order valence-corrected chi connectivity index (χ1v) is 9.59. The highest BCUT2D eigenvalue weighted by atomic mass is 35.5. The molecule has 1 aliphatic heterocycles. The van der Waals surface area contributed by atoms with E-state index in [4.69, 9.17) is 11.6 Å². The zero-order chi connectivity index (χ0) is 19.2. The fraction of sp³-hybridized carbons (Fsp3) is 0.381. The lowest BCUT2D eigenvalue weighted by atomic mass is 10.0. The topological polar surface area (TPSA) is 35.6 Å². The molecule has 1 fully saturated rings. The van der Waals surface area contributed by atoms with E-state index in [0.29, 0.717) is 11.6 Å². The number of likely N-dealkylation sites (N-methyl/N-ethyl adjacent to an activating group) is 1. The second kappa shape index (κ2) is 9.31. The van der Waals surface area contributed by atoms with Crippen LogP contribution in [0.15, 0.2) is 48.5 Å². The van der Waals surface area contributed by atoms with Gasteiger partial charge in [0, 0.05) is 37.7 Å². The summed E-state index contributed by atoms with van der Waals surface area (Å²) in [6.45, 7) is 4.34. The Labute approximate surface area is 164 Å². The third-order valence-corrected chi connectivity index (χ3v) is 5.36. The van der Waals surface area contributed by atoms with Crippen LogP contribution in [0.4, 0.5) is 4.39 Å². The highest BCUT2D eigenvalue weighted by Crippen LogP contribution is 2.28. The quantitative estimate of drug-likeness (QED) is 0.824. The number of carbonyl (C=O) groups is 1. The normalized spacial score (nSPS) is 16.9. The van der Waals surface area contributed by atoms with Gasteiger partial charge in [0.25, 0.3) is 0 Å². The molecule has 144 valence electrons. The van der Waals surface area contributed by atoms with Gasteiger partial charge in [-0.2, -0.15) is 0 Å². The van der Waals surface area contributed by atoms with Crippen LogP contribution in [0.1, 0.15) is 17.2 Å². The Morgan fingerprint density at radius 2 is 1.78 bits per heavy atom. The molecule has 0 aliphatic carbocycles. The van der Waals surface area contributed by atoms with Crippen LogP contribution in [-0.2, 0) is 11.2 Å². The zero-order valence-electron chi connectivity index (χ0n) is 15.5. The molecule has 4 nitrogen and oxygen atoms in total. The van der Waals surface area contributed by atoms with E-state index in [2.05, 4.69) is 22.2 Å². The Morgan fingerprint density at radius 3 is 2.44 bits per heavy atom. The van der Waals surface area contributed by atoms with Crippen molar-refractivity contribution in [2.24, 2.45) is 0 Å². The van der Waals surface area contributed by atoms with Crippen LogP contribution in [0.25, 0.3) is 0 Å². The van der Waals surface area contributed by atoms with Crippen molar-refractivity contribution in [1.82, 2.24) is 15.1 Å². The van der Waals surface area contributed by atoms with Crippen LogP contribution >= 0.6 is 11.6 Å². The Morgan fingerprint density at radius 1 is 1.11 bits per heavy atom. The summed E-state index contributed by atoms with van der Waals surface area (Å²) in [5.41, 5.74) is 1.83. The molecule has 1 N–H and O–H groups in total. The second-order valence-electron chi connectivity index (χ2n) is 6.98. The van der Waals surface area contributed by atoms with Crippen molar-refractivity contribution < 1.29 is 9.18 Å². The molecule has 1 atom stereocenters. The first-order valence-electron chi connectivity index (χ1n) is 9.21. The third-order valence-electron chi connectivity index (χ3n) is 5.01. The minimum atomic E-state index is -0.298. The van der Waals surface area contributed by atoms with Crippen molar-refractivity contribution in [2.75, 3.05) is 39.8 Å². The molecular weight excluding hydrogens is 365 g/mol. The van der Waals surface area contributed by atoms with Gasteiger partial charge in [0.1, 0.15) is 5.82 Å². The van der Waals surface area contributed by atoms with Crippen molar-refractivity contribution in [1.29, 1.82) is 0 Å². The number of hydrogen-bond donors (Lipinski definition) is 1. The zero-order valence-corrected chi connectivity index (χ0v) is 16.3. The highest BCUT2D eigenvalue weighted by Gasteiger charge is 2.25. The average Bonchev–Trinajstić information content (AvgIpc) is 2.66. The predicted octanol–water partition coefficient (Wildman–Crippen LogP) is 3.13. The summed E-state index contributed by atoms with van der Waals surface area (Å²) in [6.07, 6.45) is 0.234. The maximum atomic E-state index is 13.0. The number of hydrogen-bond acceptors (Lipinski definition) is 3. The van der Waals surface area contributed by atoms with Crippen LogP contribution in [0.5, 0.6) is 0 Å². The number of rotatable bonds is 6. The van der Waals surface area contributed by atoms with Crippen LogP contribution in [0.3, 0.4) is 0 Å². The van der Waals surface area contributed by atoms with E-state index < -0.39 is 0 Å². The number of carbonyl (C=O) groups excluding carboxylic acids is 1. The standard InChI is InChI=1S/C21H25ClFN3O/c1-25-10-12-26(13-11-25)20(18-4-2-3-5-19(18)22)15-24-21(27)14-16-6-8-17(23)9-7-16/h2-9,20H,10-15H2,1H3,(H,24,27). The van der Waals surface area contributed by atoms with E-state index in [1.54, 1.807) is 12.1 Å². The monoisotopic (exact) mass is 389 g/mol. The molecule has 1 heterocycles. The molecule has 0 saturated carbocycles. The largest absolute Gasteiger partial charge is 0.354 e. The summed E-state index contributed by atoms with van der Waals surface area (Å²) in [5, 5.41) is 3.75. The molecule has 0 aromatic heterocycles. The van der Waals surface area contributed by atoms with E-state index >= 15 is 0 Å². The van der Waals surface area contributed by atoms with Crippen LogP contribution in [0, 0.1) is 5.82 Å².